The van der Waals surface area contributed by atoms with Crippen LogP contribution in [0.25, 0.3) is 0 Å². The molecule has 2 rings (SSSR count). The molecule has 0 aromatic carbocycles. The van der Waals surface area contributed by atoms with Crippen molar-refractivity contribution >= 4 is 29.5 Å². The number of carboxylic acid groups (broad SMARTS) is 1. The SMILES string of the molecule is Cc1[nH]cc(NC(=O)CN2C(=O)CNC2=O)c1C(=O)O. The van der Waals surface area contributed by atoms with Crippen LogP contribution in [0.1, 0.15) is 16.1 Å². The van der Waals surface area contributed by atoms with E-state index in [-0.39, 0.29) is 17.8 Å². The highest BCUT2D eigenvalue weighted by Gasteiger charge is 2.30. The molecule has 4 N–H and O–H groups in total. The van der Waals surface area contributed by atoms with Gasteiger partial charge in [-0.15, -0.1) is 0 Å². The van der Waals surface area contributed by atoms with E-state index in [1.165, 1.54) is 6.20 Å². The smallest absolute Gasteiger partial charge is 0.339 e. The molecule has 0 aliphatic carbocycles. The summed E-state index contributed by atoms with van der Waals surface area (Å²) in [4.78, 5) is 48.8. The molecule has 0 radical (unpaired) electrons. The van der Waals surface area contributed by atoms with Crippen LogP contribution >= 0.6 is 0 Å². The fraction of sp³-hybridized carbons (Fsp3) is 0.273. The molecule has 1 fully saturated rings. The Labute approximate surface area is 112 Å². The summed E-state index contributed by atoms with van der Waals surface area (Å²) in [6.07, 6.45) is 1.34. The van der Waals surface area contributed by atoms with Crippen LogP contribution in [0, 0.1) is 6.92 Å². The van der Waals surface area contributed by atoms with E-state index < -0.39 is 30.4 Å². The van der Waals surface area contributed by atoms with Gasteiger partial charge in [0, 0.05) is 11.9 Å². The lowest BCUT2D eigenvalue weighted by Crippen LogP contribution is -2.38. The first-order valence-corrected chi connectivity index (χ1v) is 5.69. The molecule has 4 amide bonds. The summed E-state index contributed by atoms with van der Waals surface area (Å²) in [6.45, 7) is 0.945. The number of amides is 4. The molecule has 0 saturated carbocycles. The second kappa shape index (κ2) is 5.03. The average Bonchev–Trinajstić information content (AvgIpc) is 2.87. The van der Waals surface area contributed by atoms with Crippen molar-refractivity contribution in [3.05, 3.63) is 17.5 Å². The van der Waals surface area contributed by atoms with Crippen LogP contribution < -0.4 is 10.6 Å². The maximum atomic E-state index is 11.8. The van der Waals surface area contributed by atoms with Crippen LogP contribution in [-0.4, -0.2) is 51.9 Å². The van der Waals surface area contributed by atoms with Crippen molar-refractivity contribution in [2.75, 3.05) is 18.4 Å². The van der Waals surface area contributed by atoms with Crippen molar-refractivity contribution in [3.8, 4) is 0 Å². The van der Waals surface area contributed by atoms with E-state index in [4.69, 9.17) is 5.11 Å². The Bertz CT molecular complexity index is 590. The summed E-state index contributed by atoms with van der Waals surface area (Å²) < 4.78 is 0. The first-order chi connectivity index (χ1) is 9.40. The van der Waals surface area contributed by atoms with Crippen LogP contribution in [0.2, 0.25) is 0 Å². The van der Waals surface area contributed by atoms with Crippen LogP contribution in [0.4, 0.5) is 10.5 Å². The van der Waals surface area contributed by atoms with Crippen molar-refractivity contribution in [3.63, 3.8) is 0 Å². The number of hydrogen-bond acceptors (Lipinski definition) is 4. The van der Waals surface area contributed by atoms with E-state index in [0.717, 1.165) is 4.90 Å². The molecule has 1 aliphatic heterocycles. The molecule has 1 aliphatic rings. The lowest BCUT2D eigenvalue weighted by atomic mass is 10.2. The van der Waals surface area contributed by atoms with Gasteiger partial charge in [-0.3, -0.25) is 14.5 Å². The Morgan fingerprint density at radius 3 is 2.70 bits per heavy atom. The molecule has 0 bridgehead atoms. The van der Waals surface area contributed by atoms with Gasteiger partial charge in [0.25, 0.3) is 5.91 Å². The van der Waals surface area contributed by atoms with Gasteiger partial charge in [-0.25, -0.2) is 9.59 Å². The molecule has 1 aromatic heterocycles. The van der Waals surface area contributed by atoms with Crippen LogP contribution in [-0.2, 0) is 9.59 Å². The molecule has 0 atom stereocenters. The second-order valence-corrected chi connectivity index (χ2v) is 4.19. The lowest BCUT2D eigenvalue weighted by molar-refractivity contribution is -0.128. The van der Waals surface area contributed by atoms with Gasteiger partial charge in [0.1, 0.15) is 12.1 Å². The summed E-state index contributed by atoms with van der Waals surface area (Å²) >= 11 is 0. The highest BCUT2D eigenvalue weighted by Crippen LogP contribution is 2.19. The maximum Gasteiger partial charge on any atom is 0.339 e. The monoisotopic (exact) mass is 280 g/mol. The molecule has 0 unspecified atom stereocenters. The number of aromatic carboxylic acids is 1. The van der Waals surface area contributed by atoms with Gasteiger partial charge in [-0.05, 0) is 6.92 Å². The van der Waals surface area contributed by atoms with Gasteiger partial charge < -0.3 is 20.7 Å². The number of H-pyrrole nitrogens is 1. The summed E-state index contributed by atoms with van der Waals surface area (Å²) in [5, 5.41) is 13.7. The van der Waals surface area contributed by atoms with Crippen LogP contribution in [0.5, 0.6) is 0 Å². The summed E-state index contributed by atoms with van der Waals surface area (Å²) in [5.74, 6) is -2.35. The Balaban J connectivity index is 2.07. The zero-order chi connectivity index (χ0) is 14.9. The molecule has 1 saturated heterocycles. The fourth-order valence-electron chi connectivity index (χ4n) is 1.85. The number of carbonyl (C=O) groups is 4. The molecule has 9 nitrogen and oxygen atoms in total. The van der Waals surface area contributed by atoms with Gasteiger partial charge in [0.05, 0.1) is 12.2 Å². The Hall–Kier alpha value is -2.84. The van der Waals surface area contributed by atoms with Gasteiger partial charge in [0.15, 0.2) is 0 Å². The predicted octanol–water partition coefficient (Wildman–Crippen LogP) is -0.488. The largest absolute Gasteiger partial charge is 0.478 e. The number of rotatable bonds is 4. The minimum Gasteiger partial charge on any atom is -0.478 e. The number of nitrogens with one attached hydrogen (secondary N) is 3. The number of hydrogen-bond donors (Lipinski definition) is 4. The maximum absolute atomic E-state index is 11.8. The molecule has 2 heterocycles. The first-order valence-electron chi connectivity index (χ1n) is 5.69. The van der Waals surface area contributed by atoms with E-state index in [2.05, 4.69) is 15.6 Å². The third-order valence-electron chi connectivity index (χ3n) is 2.80. The number of aromatic amines is 1. The Morgan fingerprint density at radius 1 is 1.45 bits per heavy atom. The summed E-state index contributed by atoms with van der Waals surface area (Å²) in [5.41, 5.74) is 0.422. The predicted molar refractivity (Wildman–Crippen MR) is 66.2 cm³/mol. The van der Waals surface area contributed by atoms with E-state index in [9.17, 15) is 19.2 Å². The molecule has 9 heteroatoms. The molecule has 1 aromatic rings. The van der Waals surface area contributed by atoms with Gasteiger partial charge >= 0.3 is 12.0 Å². The van der Waals surface area contributed by atoms with Crippen molar-refractivity contribution in [2.45, 2.75) is 6.92 Å². The summed E-state index contributed by atoms with van der Waals surface area (Å²) in [7, 11) is 0. The molecule has 0 spiro atoms. The summed E-state index contributed by atoms with van der Waals surface area (Å²) in [6, 6.07) is -0.645. The number of aromatic nitrogens is 1. The van der Waals surface area contributed by atoms with Gasteiger partial charge in [0.2, 0.25) is 5.91 Å². The minimum absolute atomic E-state index is 0.0597. The number of imide groups is 1. The Kier molecular flexibility index (Phi) is 3.42. The highest BCUT2D eigenvalue weighted by molar-refractivity contribution is 6.07. The molecule has 106 valence electrons. The third-order valence-corrected chi connectivity index (χ3v) is 2.80. The lowest BCUT2D eigenvalue weighted by Gasteiger charge is -2.12. The first kappa shape index (κ1) is 13.6. The minimum atomic E-state index is -1.19. The van der Waals surface area contributed by atoms with Crippen molar-refractivity contribution in [1.82, 2.24) is 15.2 Å². The number of carboxylic acids is 1. The fourth-order valence-corrected chi connectivity index (χ4v) is 1.85. The standard InChI is InChI=1S/C11H12N4O5/c1-5-9(10(18)19)6(2-12-5)14-7(16)4-15-8(17)3-13-11(15)20/h2,12H,3-4H2,1H3,(H,13,20)(H,14,16)(H,18,19). The van der Waals surface area contributed by atoms with E-state index >= 15 is 0 Å². The van der Waals surface area contributed by atoms with E-state index in [1.807, 2.05) is 0 Å². The topological polar surface area (TPSA) is 132 Å². The zero-order valence-corrected chi connectivity index (χ0v) is 10.5. The average molecular weight is 280 g/mol. The third kappa shape index (κ3) is 2.46. The molecule has 20 heavy (non-hydrogen) atoms. The number of anilines is 1. The van der Waals surface area contributed by atoms with Crippen molar-refractivity contribution in [2.24, 2.45) is 0 Å². The van der Waals surface area contributed by atoms with Gasteiger partial charge in [-0.2, -0.15) is 0 Å². The normalized spacial score (nSPS) is 14.3. The van der Waals surface area contributed by atoms with Crippen LogP contribution in [0.15, 0.2) is 6.20 Å². The van der Waals surface area contributed by atoms with E-state index in [0.29, 0.717) is 5.69 Å². The highest BCUT2D eigenvalue weighted by atomic mass is 16.4. The number of carbonyl (C=O) groups excluding carboxylic acids is 3. The van der Waals surface area contributed by atoms with Crippen LogP contribution in [0.3, 0.4) is 0 Å². The molecular formula is C11H12N4O5. The number of nitrogens with zero attached hydrogens (tertiary/aromatic N) is 1. The Morgan fingerprint density at radius 2 is 2.15 bits per heavy atom. The second-order valence-electron chi connectivity index (χ2n) is 4.19. The quantitative estimate of drug-likeness (QED) is 0.553. The van der Waals surface area contributed by atoms with Crippen molar-refractivity contribution < 1.29 is 24.3 Å². The van der Waals surface area contributed by atoms with Crippen molar-refractivity contribution in [1.29, 1.82) is 0 Å². The zero-order valence-electron chi connectivity index (χ0n) is 10.5. The number of aryl methyl sites for hydroxylation is 1. The van der Waals surface area contributed by atoms with E-state index in [1.54, 1.807) is 6.92 Å². The van der Waals surface area contributed by atoms with Gasteiger partial charge in [-0.1, -0.05) is 0 Å². The molecular weight excluding hydrogens is 268 g/mol. The number of urea groups is 1.